The van der Waals surface area contributed by atoms with Crippen LogP contribution >= 0.6 is 0 Å². The van der Waals surface area contributed by atoms with Crippen molar-refractivity contribution in [2.24, 2.45) is 0 Å². The lowest BCUT2D eigenvalue weighted by molar-refractivity contribution is 0.297. The van der Waals surface area contributed by atoms with Crippen molar-refractivity contribution in [1.82, 2.24) is 25.0 Å². The molecule has 1 aliphatic heterocycles. The maximum Gasteiger partial charge on any atom is 0.146 e. The molecule has 5 nitrogen and oxygen atoms in total. The summed E-state index contributed by atoms with van der Waals surface area (Å²) in [7, 11) is 0. The van der Waals surface area contributed by atoms with Crippen LogP contribution in [0.1, 0.15) is 38.9 Å². The van der Waals surface area contributed by atoms with E-state index in [9.17, 15) is 0 Å². The first kappa shape index (κ1) is 13.5. The summed E-state index contributed by atoms with van der Waals surface area (Å²) in [6.45, 7) is 9.80. The Balaban J connectivity index is 1.79. The van der Waals surface area contributed by atoms with E-state index in [1.807, 2.05) is 6.33 Å². The highest BCUT2D eigenvalue weighted by atomic mass is 15.3. The van der Waals surface area contributed by atoms with Gasteiger partial charge in [-0.1, -0.05) is 6.92 Å². The van der Waals surface area contributed by atoms with Crippen molar-refractivity contribution in [2.45, 2.75) is 52.2 Å². The molecule has 0 spiro atoms. The Hall–Kier alpha value is -0.940. The van der Waals surface area contributed by atoms with E-state index in [1.165, 1.54) is 38.9 Å². The topological polar surface area (TPSA) is 46.0 Å². The lowest BCUT2D eigenvalue weighted by Crippen LogP contribution is -2.31. The van der Waals surface area contributed by atoms with E-state index in [2.05, 4.69) is 38.8 Å². The predicted octanol–water partition coefficient (Wildman–Crippen LogP) is 1.26. The van der Waals surface area contributed by atoms with E-state index in [0.29, 0.717) is 6.04 Å². The molecule has 0 aliphatic carbocycles. The van der Waals surface area contributed by atoms with Crippen LogP contribution in [0.15, 0.2) is 6.33 Å². The number of rotatable bonds is 5. The number of hydrogen-bond donors (Lipinski definition) is 1. The van der Waals surface area contributed by atoms with E-state index >= 15 is 0 Å². The standard InChI is InChI=1S/C13H25N5/c1-3-17-8-5-6-12(7-9-17)14-10-13-16-15-11-18(13)4-2/h11-12,14H,3-10H2,1-2H3. The highest BCUT2D eigenvalue weighted by Crippen LogP contribution is 2.11. The van der Waals surface area contributed by atoms with E-state index in [4.69, 9.17) is 0 Å². The summed E-state index contributed by atoms with van der Waals surface area (Å²) in [6.07, 6.45) is 5.62. The van der Waals surface area contributed by atoms with Crippen molar-refractivity contribution in [3.05, 3.63) is 12.2 Å². The van der Waals surface area contributed by atoms with Gasteiger partial charge in [0.25, 0.3) is 0 Å². The largest absolute Gasteiger partial charge is 0.317 e. The van der Waals surface area contributed by atoms with Crippen LogP contribution in [-0.2, 0) is 13.1 Å². The minimum atomic E-state index is 0.628. The summed E-state index contributed by atoms with van der Waals surface area (Å²) in [6, 6.07) is 0.628. The van der Waals surface area contributed by atoms with Crippen LogP contribution in [0.2, 0.25) is 0 Å². The van der Waals surface area contributed by atoms with Gasteiger partial charge in [-0.05, 0) is 45.8 Å². The SMILES string of the molecule is CCN1CCCC(NCc2nncn2CC)CC1. The molecule has 0 radical (unpaired) electrons. The first-order chi connectivity index (χ1) is 8.83. The number of aryl methyl sites for hydroxylation is 1. The quantitative estimate of drug-likeness (QED) is 0.856. The number of nitrogens with one attached hydrogen (secondary N) is 1. The molecule has 1 unspecified atom stereocenters. The zero-order valence-electron chi connectivity index (χ0n) is 11.6. The van der Waals surface area contributed by atoms with Crippen molar-refractivity contribution in [1.29, 1.82) is 0 Å². The zero-order valence-corrected chi connectivity index (χ0v) is 11.6. The number of nitrogens with zero attached hydrogens (tertiary/aromatic N) is 4. The zero-order chi connectivity index (χ0) is 12.8. The summed E-state index contributed by atoms with van der Waals surface area (Å²) in [4.78, 5) is 2.54. The Morgan fingerprint density at radius 1 is 1.28 bits per heavy atom. The van der Waals surface area contributed by atoms with Gasteiger partial charge >= 0.3 is 0 Å². The summed E-state index contributed by atoms with van der Waals surface area (Å²) in [5, 5.41) is 11.8. The molecular weight excluding hydrogens is 226 g/mol. The average Bonchev–Trinajstić information content (AvgIpc) is 2.73. The van der Waals surface area contributed by atoms with E-state index in [0.717, 1.165) is 18.9 Å². The summed E-state index contributed by atoms with van der Waals surface area (Å²) < 4.78 is 2.10. The molecule has 0 bridgehead atoms. The molecule has 102 valence electrons. The Morgan fingerprint density at radius 3 is 2.94 bits per heavy atom. The number of aromatic nitrogens is 3. The van der Waals surface area contributed by atoms with Crippen LogP contribution in [-0.4, -0.2) is 45.3 Å². The third kappa shape index (κ3) is 3.53. The second-order valence-electron chi connectivity index (χ2n) is 4.98. The Kier molecular flexibility index (Phi) is 5.13. The molecule has 0 saturated carbocycles. The van der Waals surface area contributed by atoms with Gasteiger partial charge in [-0.15, -0.1) is 10.2 Å². The first-order valence-electron chi connectivity index (χ1n) is 7.16. The van der Waals surface area contributed by atoms with Crippen molar-refractivity contribution in [3.63, 3.8) is 0 Å². The van der Waals surface area contributed by atoms with Crippen LogP contribution in [0.3, 0.4) is 0 Å². The molecular formula is C13H25N5. The fourth-order valence-electron chi connectivity index (χ4n) is 2.59. The van der Waals surface area contributed by atoms with Gasteiger partial charge in [0.05, 0.1) is 6.54 Å². The third-order valence-electron chi connectivity index (χ3n) is 3.85. The smallest absolute Gasteiger partial charge is 0.146 e. The molecule has 1 aromatic rings. The van der Waals surface area contributed by atoms with E-state index in [-0.39, 0.29) is 0 Å². The molecule has 1 N–H and O–H groups in total. The summed E-state index contributed by atoms with van der Waals surface area (Å²) in [5.41, 5.74) is 0. The van der Waals surface area contributed by atoms with Crippen molar-refractivity contribution in [2.75, 3.05) is 19.6 Å². The average molecular weight is 251 g/mol. The molecule has 18 heavy (non-hydrogen) atoms. The fraction of sp³-hybridized carbons (Fsp3) is 0.846. The van der Waals surface area contributed by atoms with Crippen LogP contribution in [0.25, 0.3) is 0 Å². The molecule has 0 aromatic carbocycles. The molecule has 5 heteroatoms. The summed E-state index contributed by atoms with van der Waals surface area (Å²) in [5.74, 6) is 1.05. The van der Waals surface area contributed by atoms with Gasteiger partial charge in [-0.3, -0.25) is 0 Å². The minimum absolute atomic E-state index is 0.628. The van der Waals surface area contributed by atoms with E-state index in [1.54, 1.807) is 0 Å². The Bertz CT molecular complexity index is 349. The van der Waals surface area contributed by atoms with Crippen molar-refractivity contribution >= 4 is 0 Å². The number of likely N-dealkylation sites (tertiary alicyclic amines) is 1. The van der Waals surface area contributed by atoms with Gasteiger partial charge in [-0.2, -0.15) is 0 Å². The molecule has 1 atom stereocenters. The van der Waals surface area contributed by atoms with Crippen LogP contribution in [0.4, 0.5) is 0 Å². The van der Waals surface area contributed by atoms with Crippen LogP contribution < -0.4 is 5.32 Å². The van der Waals surface area contributed by atoms with E-state index < -0.39 is 0 Å². The monoisotopic (exact) mass is 251 g/mol. The van der Waals surface area contributed by atoms with Crippen LogP contribution in [0.5, 0.6) is 0 Å². The highest BCUT2D eigenvalue weighted by Gasteiger charge is 2.16. The Labute approximate surface area is 110 Å². The third-order valence-corrected chi connectivity index (χ3v) is 3.85. The first-order valence-corrected chi connectivity index (χ1v) is 7.16. The lowest BCUT2D eigenvalue weighted by Gasteiger charge is -2.18. The second kappa shape index (κ2) is 6.85. The van der Waals surface area contributed by atoms with Gasteiger partial charge < -0.3 is 14.8 Å². The molecule has 1 aromatic heterocycles. The van der Waals surface area contributed by atoms with Gasteiger partial charge in [0.1, 0.15) is 12.2 Å². The van der Waals surface area contributed by atoms with Crippen molar-refractivity contribution < 1.29 is 0 Å². The van der Waals surface area contributed by atoms with Gasteiger partial charge in [0.2, 0.25) is 0 Å². The normalized spacial score (nSPS) is 22.0. The molecule has 2 heterocycles. The maximum absolute atomic E-state index is 4.17. The second-order valence-corrected chi connectivity index (χ2v) is 4.98. The molecule has 1 fully saturated rings. The number of hydrogen-bond acceptors (Lipinski definition) is 4. The molecule has 1 aliphatic rings. The summed E-state index contributed by atoms with van der Waals surface area (Å²) >= 11 is 0. The van der Waals surface area contributed by atoms with Gasteiger partial charge in [-0.25, -0.2) is 0 Å². The van der Waals surface area contributed by atoms with Gasteiger partial charge in [0.15, 0.2) is 0 Å². The van der Waals surface area contributed by atoms with Crippen LogP contribution in [0, 0.1) is 0 Å². The van der Waals surface area contributed by atoms with Crippen molar-refractivity contribution in [3.8, 4) is 0 Å². The Morgan fingerprint density at radius 2 is 2.17 bits per heavy atom. The maximum atomic E-state index is 4.17. The predicted molar refractivity (Wildman–Crippen MR) is 72.3 cm³/mol. The lowest BCUT2D eigenvalue weighted by atomic mass is 10.1. The van der Waals surface area contributed by atoms with Gasteiger partial charge in [0, 0.05) is 12.6 Å². The minimum Gasteiger partial charge on any atom is -0.317 e. The fourth-order valence-corrected chi connectivity index (χ4v) is 2.59. The molecule has 0 amide bonds. The molecule has 2 rings (SSSR count). The molecule has 1 saturated heterocycles. The highest BCUT2D eigenvalue weighted by molar-refractivity contribution is 4.86.